The Labute approximate surface area is 115 Å². The van der Waals surface area contributed by atoms with Crippen molar-refractivity contribution in [2.75, 3.05) is 0 Å². The molecule has 3 atom stereocenters. The van der Waals surface area contributed by atoms with Gasteiger partial charge in [0.15, 0.2) is 0 Å². The van der Waals surface area contributed by atoms with Crippen LogP contribution in [0.1, 0.15) is 49.1 Å². The van der Waals surface area contributed by atoms with Crippen LogP contribution in [0.15, 0.2) is 0 Å². The maximum Gasteiger partial charge on any atom is 0.326 e. The predicted molar refractivity (Wildman–Crippen MR) is 66.8 cm³/mol. The Kier molecular flexibility index (Phi) is 3.37. The number of likely N-dealkylation sites (tertiary alicyclic amines) is 1. The Morgan fingerprint density at radius 2 is 2.00 bits per heavy atom. The molecule has 1 aliphatic heterocycles. The lowest BCUT2D eigenvalue weighted by Gasteiger charge is -2.46. The van der Waals surface area contributed by atoms with Gasteiger partial charge in [-0.15, -0.1) is 10.2 Å². The molecule has 1 aromatic heterocycles. The van der Waals surface area contributed by atoms with Crippen LogP contribution in [0.4, 0.5) is 0 Å². The number of tetrazole rings is 1. The number of carboxylic acid groups (broad SMARTS) is 1. The molecule has 20 heavy (non-hydrogen) atoms. The summed E-state index contributed by atoms with van der Waals surface area (Å²) in [5, 5.41) is 22.4. The predicted octanol–water partition coefficient (Wildman–Crippen LogP) is 0.448. The number of hydrogen-bond acceptors (Lipinski definition) is 5. The summed E-state index contributed by atoms with van der Waals surface area (Å²) in [7, 11) is 0. The van der Waals surface area contributed by atoms with Crippen molar-refractivity contribution in [1.29, 1.82) is 0 Å². The number of piperidine rings is 1. The van der Waals surface area contributed by atoms with Crippen LogP contribution in [-0.4, -0.2) is 54.6 Å². The van der Waals surface area contributed by atoms with Crippen molar-refractivity contribution in [1.82, 2.24) is 25.5 Å². The van der Waals surface area contributed by atoms with Crippen molar-refractivity contribution in [2.24, 2.45) is 5.92 Å². The van der Waals surface area contributed by atoms with Crippen molar-refractivity contribution >= 4 is 11.9 Å². The van der Waals surface area contributed by atoms with E-state index in [1.165, 1.54) is 4.90 Å². The first-order valence-corrected chi connectivity index (χ1v) is 6.97. The van der Waals surface area contributed by atoms with Gasteiger partial charge < -0.3 is 10.0 Å². The van der Waals surface area contributed by atoms with Crippen LogP contribution in [-0.2, 0) is 4.79 Å². The molecular weight excluding hydrogens is 262 g/mol. The molecule has 0 spiro atoms. The lowest BCUT2D eigenvalue weighted by molar-refractivity contribution is -0.146. The number of aromatic amines is 1. The fourth-order valence-electron chi connectivity index (χ4n) is 3.54. The van der Waals surface area contributed by atoms with Crippen LogP contribution < -0.4 is 0 Å². The number of hydrogen-bond donors (Lipinski definition) is 2. The molecule has 0 aromatic carbocycles. The van der Waals surface area contributed by atoms with Crippen LogP contribution in [0.25, 0.3) is 0 Å². The van der Waals surface area contributed by atoms with Crippen LogP contribution in [0.3, 0.4) is 0 Å². The molecule has 1 saturated carbocycles. The lowest BCUT2D eigenvalue weighted by Crippen LogP contribution is -2.57. The smallest absolute Gasteiger partial charge is 0.326 e. The number of rotatable bonds is 2. The number of nitrogens with zero attached hydrogens (tertiary/aromatic N) is 4. The van der Waals surface area contributed by atoms with Crippen LogP contribution in [0.5, 0.6) is 0 Å². The molecule has 2 heterocycles. The number of carbonyl (C=O) groups is 2. The topological polar surface area (TPSA) is 112 Å². The van der Waals surface area contributed by atoms with Crippen LogP contribution in [0, 0.1) is 5.92 Å². The molecule has 0 bridgehead atoms. The van der Waals surface area contributed by atoms with Gasteiger partial charge in [0, 0.05) is 6.04 Å². The second-order valence-corrected chi connectivity index (χ2v) is 5.49. The normalized spacial score (nSPS) is 29.8. The highest BCUT2D eigenvalue weighted by molar-refractivity contribution is 5.93. The highest BCUT2D eigenvalue weighted by Crippen LogP contribution is 2.38. The number of H-pyrrole nitrogens is 1. The zero-order chi connectivity index (χ0) is 14.1. The molecule has 1 aliphatic carbocycles. The Bertz CT molecular complexity index is 503. The van der Waals surface area contributed by atoms with Gasteiger partial charge in [0.05, 0.1) is 0 Å². The van der Waals surface area contributed by atoms with Crippen LogP contribution in [0.2, 0.25) is 0 Å². The Balaban J connectivity index is 1.91. The highest BCUT2D eigenvalue weighted by Gasteiger charge is 2.44. The fraction of sp³-hybridized carbons (Fsp3) is 0.750. The summed E-state index contributed by atoms with van der Waals surface area (Å²) in [6.45, 7) is 0. The quantitative estimate of drug-likeness (QED) is 0.812. The van der Waals surface area contributed by atoms with E-state index in [-0.39, 0.29) is 11.9 Å². The van der Waals surface area contributed by atoms with Gasteiger partial charge in [0.2, 0.25) is 0 Å². The number of aromatic nitrogens is 4. The monoisotopic (exact) mass is 279 g/mol. The number of fused-ring (bicyclic) bond motifs is 1. The second-order valence-electron chi connectivity index (χ2n) is 5.49. The standard InChI is InChI=1S/C12H17N5O3/c18-11(10-13-15-16-14-10)17-8-4-2-1-3-7(8)5-6-9(17)12(19)20/h7-9H,1-6H2,(H,19,20)(H,13,14,15,16). The molecule has 1 aromatic rings. The molecular formula is C12H17N5O3. The Hall–Kier alpha value is -1.99. The minimum absolute atomic E-state index is 0.00963. The third-order valence-corrected chi connectivity index (χ3v) is 4.43. The average molecular weight is 279 g/mol. The van der Waals surface area contributed by atoms with E-state index in [9.17, 15) is 14.7 Å². The third kappa shape index (κ3) is 2.14. The second kappa shape index (κ2) is 5.18. The van der Waals surface area contributed by atoms with E-state index >= 15 is 0 Å². The molecule has 0 radical (unpaired) electrons. The number of aliphatic carboxylic acids is 1. The van der Waals surface area contributed by atoms with Crippen molar-refractivity contribution in [3.63, 3.8) is 0 Å². The van der Waals surface area contributed by atoms with E-state index < -0.39 is 17.9 Å². The average Bonchev–Trinajstić information content (AvgIpc) is 2.99. The van der Waals surface area contributed by atoms with E-state index in [1.54, 1.807) is 0 Å². The van der Waals surface area contributed by atoms with Gasteiger partial charge >= 0.3 is 5.97 Å². The van der Waals surface area contributed by atoms with Crippen LogP contribution >= 0.6 is 0 Å². The minimum Gasteiger partial charge on any atom is -0.480 e. The van der Waals surface area contributed by atoms with E-state index in [1.807, 2.05) is 0 Å². The van der Waals surface area contributed by atoms with Gasteiger partial charge in [0.1, 0.15) is 6.04 Å². The number of carbonyl (C=O) groups excluding carboxylic acids is 1. The first kappa shape index (κ1) is 13.0. The zero-order valence-corrected chi connectivity index (χ0v) is 11.0. The van der Waals surface area contributed by atoms with E-state index in [0.717, 1.165) is 32.1 Å². The van der Waals surface area contributed by atoms with E-state index in [0.29, 0.717) is 12.3 Å². The molecule has 1 saturated heterocycles. The third-order valence-electron chi connectivity index (χ3n) is 4.43. The maximum atomic E-state index is 12.5. The molecule has 108 valence electrons. The molecule has 8 heteroatoms. The molecule has 1 amide bonds. The van der Waals surface area contributed by atoms with Gasteiger partial charge in [-0.1, -0.05) is 12.8 Å². The first-order chi connectivity index (χ1) is 9.68. The SMILES string of the molecule is O=C(O)C1CCC2CCCCC2N1C(=O)c1nn[nH]n1. The van der Waals surface area contributed by atoms with Crippen molar-refractivity contribution in [2.45, 2.75) is 50.6 Å². The van der Waals surface area contributed by atoms with Crippen molar-refractivity contribution in [3.05, 3.63) is 5.82 Å². The van der Waals surface area contributed by atoms with Gasteiger partial charge in [-0.2, -0.15) is 5.21 Å². The number of nitrogens with one attached hydrogen (secondary N) is 1. The van der Waals surface area contributed by atoms with Gasteiger partial charge in [-0.05, 0) is 36.8 Å². The lowest BCUT2D eigenvalue weighted by atomic mass is 9.76. The highest BCUT2D eigenvalue weighted by atomic mass is 16.4. The Morgan fingerprint density at radius 1 is 1.20 bits per heavy atom. The maximum absolute atomic E-state index is 12.5. The fourth-order valence-corrected chi connectivity index (χ4v) is 3.54. The molecule has 3 rings (SSSR count). The minimum atomic E-state index is -0.953. The molecule has 3 unspecified atom stereocenters. The van der Waals surface area contributed by atoms with E-state index in [2.05, 4.69) is 20.6 Å². The zero-order valence-electron chi connectivity index (χ0n) is 11.0. The number of carboxylic acids is 1. The summed E-state index contributed by atoms with van der Waals surface area (Å²) >= 11 is 0. The van der Waals surface area contributed by atoms with E-state index in [4.69, 9.17) is 0 Å². The Morgan fingerprint density at radius 3 is 2.70 bits per heavy atom. The summed E-state index contributed by atoms with van der Waals surface area (Å²) in [5.74, 6) is -1.04. The molecule has 8 nitrogen and oxygen atoms in total. The molecule has 2 aliphatic rings. The summed E-state index contributed by atoms with van der Waals surface area (Å²) in [6, 6.07) is -0.787. The summed E-state index contributed by atoms with van der Waals surface area (Å²) in [6.07, 6.45) is 5.48. The molecule has 2 fully saturated rings. The summed E-state index contributed by atoms with van der Waals surface area (Å²) < 4.78 is 0. The first-order valence-electron chi connectivity index (χ1n) is 6.97. The van der Waals surface area contributed by atoms with Crippen molar-refractivity contribution < 1.29 is 14.7 Å². The van der Waals surface area contributed by atoms with Gasteiger partial charge in [-0.3, -0.25) is 4.79 Å². The molecule has 2 N–H and O–H groups in total. The summed E-state index contributed by atoms with van der Waals surface area (Å²) in [4.78, 5) is 25.4. The van der Waals surface area contributed by atoms with Crippen molar-refractivity contribution in [3.8, 4) is 0 Å². The van der Waals surface area contributed by atoms with Gasteiger partial charge in [0.25, 0.3) is 11.7 Å². The van der Waals surface area contributed by atoms with Gasteiger partial charge in [-0.25, -0.2) is 4.79 Å². The number of amides is 1. The largest absolute Gasteiger partial charge is 0.480 e. The summed E-state index contributed by atoms with van der Waals surface area (Å²) in [5.41, 5.74) is 0.